The van der Waals surface area contributed by atoms with Crippen molar-refractivity contribution in [3.63, 3.8) is 0 Å². The highest BCUT2D eigenvalue weighted by Gasteiger charge is 2.62. The Labute approximate surface area is 286 Å². The molecule has 4 amide bonds. The molecule has 2 aliphatic heterocycles. The van der Waals surface area contributed by atoms with Gasteiger partial charge in [0, 0.05) is 24.2 Å². The number of amides is 4. The first-order valence-corrected chi connectivity index (χ1v) is 18.5. The van der Waals surface area contributed by atoms with E-state index in [0.717, 1.165) is 11.3 Å². The molecule has 12 nitrogen and oxygen atoms in total. The van der Waals surface area contributed by atoms with E-state index in [9.17, 15) is 32.0 Å². The molecule has 0 spiro atoms. The maximum atomic E-state index is 14.4. The van der Waals surface area contributed by atoms with Crippen molar-refractivity contribution in [2.24, 2.45) is 11.8 Å². The zero-order valence-electron chi connectivity index (χ0n) is 28.2. The summed E-state index contributed by atoms with van der Waals surface area (Å²) in [7, 11) is -3.86. The number of rotatable bonds is 11. The monoisotopic (exact) mass is 697 g/mol. The predicted octanol–water partition coefficient (Wildman–Crippen LogP) is 3.59. The second kappa shape index (κ2) is 13.3. The van der Waals surface area contributed by atoms with Crippen LogP contribution in [0.2, 0.25) is 0 Å². The van der Waals surface area contributed by atoms with Gasteiger partial charge >= 0.3 is 6.09 Å². The molecule has 0 radical (unpaired) electrons. The molecule has 2 aliphatic carbocycles. The van der Waals surface area contributed by atoms with Gasteiger partial charge in [-0.2, -0.15) is 0 Å². The van der Waals surface area contributed by atoms with Gasteiger partial charge in [-0.25, -0.2) is 17.6 Å². The molecular formula is C35H44FN5O7S. The van der Waals surface area contributed by atoms with Crippen LogP contribution in [-0.4, -0.2) is 77.6 Å². The first-order valence-electron chi connectivity index (χ1n) is 17.0. The van der Waals surface area contributed by atoms with Gasteiger partial charge in [-0.3, -0.25) is 24.0 Å². The number of likely N-dealkylation sites (tertiary alicyclic amines) is 1. The van der Waals surface area contributed by atoms with Gasteiger partial charge in [-0.05, 0) is 67.3 Å². The molecule has 3 fully saturated rings. The molecule has 14 heteroatoms. The summed E-state index contributed by atoms with van der Waals surface area (Å²) in [6.07, 6.45) is 0.142. The molecule has 6 rings (SSSR count). The molecule has 0 aromatic heterocycles. The van der Waals surface area contributed by atoms with Crippen molar-refractivity contribution in [2.45, 2.75) is 102 Å². The van der Waals surface area contributed by atoms with E-state index in [1.54, 1.807) is 12.1 Å². The second-order valence-corrected chi connectivity index (χ2v) is 16.1. The van der Waals surface area contributed by atoms with Crippen LogP contribution in [0.15, 0.2) is 42.5 Å². The van der Waals surface area contributed by atoms with Crippen LogP contribution in [0.25, 0.3) is 0 Å². The van der Waals surface area contributed by atoms with Crippen molar-refractivity contribution in [3.8, 4) is 0 Å². The zero-order chi connectivity index (χ0) is 35.2. The van der Waals surface area contributed by atoms with Crippen LogP contribution >= 0.6 is 0 Å². The lowest BCUT2D eigenvalue weighted by Gasteiger charge is -2.31. The minimum atomic E-state index is -3.86. The lowest BCUT2D eigenvalue weighted by Crippen LogP contribution is -2.58. The van der Waals surface area contributed by atoms with Gasteiger partial charge in [0.2, 0.25) is 21.8 Å². The van der Waals surface area contributed by atoms with E-state index < -0.39 is 62.7 Å². The third kappa shape index (κ3) is 7.10. The third-order valence-electron chi connectivity index (χ3n) is 10.1. The minimum Gasteiger partial charge on any atom is -0.444 e. The second-order valence-electron chi connectivity index (χ2n) is 14.2. The molecule has 1 saturated heterocycles. The summed E-state index contributed by atoms with van der Waals surface area (Å²) in [6.45, 7) is 7.68. The van der Waals surface area contributed by atoms with Crippen molar-refractivity contribution in [1.29, 1.82) is 0 Å². The van der Waals surface area contributed by atoms with E-state index in [0.29, 0.717) is 30.4 Å². The number of nitrogens with zero attached hydrogens (tertiary/aromatic N) is 2. The molecule has 3 N–H and O–H groups in total. The topological polar surface area (TPSA) is 154 Å². The van der Waals surface area contributed by atoms with E-state index >= 15 is 0 Å². The molecule has 264 valence electrons. The standard InChI is InChI=1S/C35H44FN5O7S/c1-5-23-16-35(23,33(44)39-49(46,47)26-12-13-26)38-31(42)29-15-25(48-34(45)40-17-22-9-7-11-28(36)27(22)19-40)18-41(29)32(43)30(20(2)3)37-24-10-6-8-21(4)14-24/h6-11,14,20,23,25-26,29-30,37H,5,12-13,15-19H2,1-4H3,(H,38,42)(H,39,44)/t23-,25-,29?,30+,35-/m1/s1. The van der Waals surface area contributed by atoms with Crippen molar-refractivity contribution < 1.29 is 36.7 Å². The van der Waals surface area contributed by atoms with Crippen LogP contribution < -0.4 is 15.4 Å². The number of halogens is 1. The number of hydrogen-bond donors (Lipinski definition) is 3. The fourth-order valence-electron chi connectivity index (χ4n) is 7.00. The Bertz CT molecular complexity index is 1770. The number of carbonyl (C=O) groups excluding carboxylic acids is 4. The molecule has 49 heavy (non-hydrogen) atoms. The van der Waals surface area contributed by atoms with Crippen LogP contribution in [-0.2, 0) is 42.2 Å². The quantitative estimate of drug-likeness (QED) is 0.322. The van der Waals surface area contributed by atoms with Crippen LogP contribution in [0.3, 0.4) is 0 Å². The van der Waals surface area contributed by atoms with Gasteiger partial charge in [-0.15, -0.1) is 0 Å². The van der Waals surface area contributed by atoms with Crippen LogP contribution in [0.5, 0.6) is 0 Å². The normalized spacial score (nSPS) is 25.1. The number of sulfonamides is 1. The number of carbonyl (C=O) groups is 4. The highest BCUT2D eigenvalue weighted by molar-refractivity contribution is 7.91. The maximum Gasteiger partial charge on any atom is 0.410 e. The minimum absolute atomic E-state index is 0.0375. The summed E-state index contributed by atoms with van der Waals surface area (Å²) in [5, 5.41) is 5.51. The fourth-order valence-corrected chi connectivity index (χ4v) is 8.37. The SMILES string of the molecule is CC[C@@H]1C[C@]1(NC(=O)C1C[C@@H](OC(=O)N2Cc3cccc(F)c3C2)CN1C(=O)[C@@H](Nc1cccc(C)c1)C(C)C)C(=O)NS(=O)(=O)C1CC1. The van der Waals surface area contributed by atoms with Crippen molar-refractivity contribution in [1.82, 2.24) is 19.8 Å². The number of aryl methyl sites for hydroxylation is 1. The van der Waals surface area contributed by atoms with Gasteiger partial charge in [0.25, 0.3) is 5.91 Å². The molecule has 2 saturated carbocycles. The fraction of sp³-hybridized carbons (Fsp3) is 0.543. The maximum absolute atomic E-state index is 14.4. The van der Waals surface area contributed by atoms with E-state index in [4.69, 9.17) is 4.74 Å². The average Bonchev–Trinajstić information content (AvgIpc) is 3.94. The highest BCUT2D eigenvalue weighted by Crippen LogP contribution is 2.47. The van der Waals surface area contributed by atoms with Crippen molar-refractivity contribution >= 4 is 39.5 Å². The van der Waals surface area contributed by atoms with Gasteiger partial charge in [0.15, 0.2) is 0 Å². The molecule has 0 bridgehead atoms. The number of fused-ring (bicyclic) bond motifs is 1. The Morgan fingerprint density at radius 1 is 1.08 bits per heavy atom. The largest absolute Gasteiger partial charge is 0.444 e. The van der Waals surface area contributed by atoms with E-state index in [2.05, 4.69) is 15.4 Å². The van der Waals surface area contributed by atoms with Gasteiger partial charge < -0.3 is 20.3 Å². The third-order valence-corrected chi connectivity index (χ3v) is 11.9. The number of hydrogen-bond acceptors (Lipinski definition) is 8. The molecule has 1 unspecified atom stereocenters. The zero-order valence-corrected chi connectivity index (χ0v) is 29.0. The number of anilines is 1. The lowest BCUT2D eigenvalue weighted by molar-refractivity contribution is -0.140. The van der Waals surface area contributed by atoms with Crippen LogP contribution in [0.4, 0.5) is 14.9 Å². The summed E-state index contributed by atoms with van der Waals surface area (Å²) in [4.78, 5) is 57.9. The summed E-state index contributed by atoms with van der Waals surface area (Å²) in [5.74, 6) is -2.68. The van der Waals surface area contributed by atoms with E-state index in [1.807, 2.05) is 52.0 Å². The van der Waals surface area contributed by atoms with Crippen LogP contribution in [0, 0.1) is 24.6 Å². The Morgan fingerprint density at radius 3 is 2.45 bits per heavy atom. The summed E-state index contributed by atoms with van der Waals surface area (Å²) in [5.41, 5.74) is 1.40. The van der Waals surface area contributed by atoms with Crippen LogP contribution in [0.1, 0.15) is 69.6 Å². The first kappa shape index (κ1) is 34.7. The van der Waals surface area contributed by atoms with Crippen molar-refractivity contribution in [3.05, 3.63) is 65.0 Å². The van der Waals surface area contributed by atoms with Crippen molar-refractivity contribution in [2.75, 3.05) is 11.9 Å². The molecule has 2 aromatic carbocycles. The Balaban J connectivity index is 1.22. The lowest BCUT2D eigenvalue weighted by atomic mass is 10.0. The summed E-state index contributed by atoms with van der Waals surface area (Å²) in [6, 6.07) is 10.4. The highest BCUT2D eigenvalue weighted by atomic mass is 32.2. The number of nitrogens with one attached hydrogen (secondary N) is 3. The van der Waals surface area contributed by atoms with Gasteiger partial charge in [0.1, 0.15) is 29.5 Å². The molecule has 4 aliphatic rings. The van der Waals surface area contributed by atoms with E-state index in [-0.39, 0.29) is 50.2 Å². The predicted molar refractivity (Wildman–Crippen MR) is 179 cm³/mol. The molecule has 2 aromatic rings. The molecule has 5 atom stereocenters. The number of benzene rings is 2. The smallest absolute Gasteiger partial charge is 0.410 e. The summed E-state index contributed by atoms with van der Waals surface area (Å²) >= 11 is 0. The van der Waals surface area contributed by atoms with E-state index in [1.165, 1.54) is 15.9 Å². The molecular weight excluding hydrogens is 653 g/mol. The van der Waals surface area contributed by atoms with Gasteiger partial charge in [-0.1, -0.05) is 51.5 Å². The average molecular weight is 698 g/mol. The number of ether oxygens (including phenoxy) is 1. The Hall–Kier alpha value is -4.20. The first-order chi connectivity index (χ1) is 23.2. The Morgan fingerprint density at radius 2 is 1.82 bits per heavy atom. The van der Waals surface area contributed by atoms with Gasteiger partial charge in [0.05, 0.1) is 18.3 Å². The summed E-state index contributed by atoms with van der Waals surface area (Å²) < 4.78 is 47.7. The molecule has 2 heterocycles. The Kier molecular flexibility index (Phi) is 9.38.